The summed E-state index contributed by atoms with van der Waals surface area (Å²) >= 11 is 0. The van der Waals surface area contributed by atoms with Crippen molar-refractivity contribution in [3.8, 4) is 6.07 Å². The van der Waals surface area contributed by atoms with E-state index in [-0.39, 0.29) is 18.2 Å². The summed E-state index contributed by atoms with van der Waals surface area (Å²) in [4.78, 5) is 23.1. The zero-order chi connectivity index (χ0) is 18.1. The number of hydrogen-bond donors (Lipinski definition) is 2. The minimum Gasteiger partial charge on any atom is -0.351 e. The van der Waals surface area contributed by atoms with Crippen LogP contribution in [0, 0.1) is 17.1 Å². The van der Waals surface area contributed by atoms with Crippen molar-refractivity contribution in [1.29, 1.82) is 5.26 Å². The first-order valence-corrected chi connectivity index (χ1v) is 7.54. The fourth-order valence-corrected chi connectivity index (χ4v) is 2.00. The number of carbonyl (C=O) groups excluding carboxylic acids is 2. The molecule has 25 heavy (non-hydrogen) atoms. The molecule has 0 heterocycles. The molecule has 0 aliphatic rings. The Morgan fingerprint density at radius 3 is 2.52 bits per heavy atom. The van der Waals surface area contributed by atoms with Crippen molar-refractivity contribution in [1.82, 2.24) is 5.32 Å². The first kappa shape index (κ1) is 17.9. The van der Waals surface area contributed by atoms with Crippen LogP contribution in [0.5, 0.6) is 0 Å². The molecule has 0 bridgehead atoms. The lowest BCUT2D eigenvalue weighted by molar-refractivity contribution is -0.120. The Bertz CT molecular complexity index is 823. The summed E-state index contributed by atoms with van der Waals surface area (Å²) in [5, 5.41) is 13.7. The van der Waals surface area contributed by atoms with E-state index in [1.54, 1.807) is 48.5 Å². The van der Waals surface area contributed by atoms with E-state index in [4.69, 9.17) is 5.26 Å². The fourth-order valence-electron chi connectivity index (χ4n) is 2.00. The predicted octanol–water partition coefficient (Wildman–Crippen LogP) is 3.01. The van der Waals surface area contributed by atoms with Gasteiger partial charge in [0.25, 0.3) is 0 Å². The van der Waals surface area contributed by atoms with E-state index >= 15 is 0 Å². The van der Waals surface area contributed by atoms with Crippen LogP contribution < -0.4 is 10.6 Å². The van der Waals surface area contributed by atoms with Gasteiger partial charge in [-0.1, -0.05) is 30.3 Å². The summed E-state index contributed by atoms with van der Waals surface area (Å²) < 4.78 is 13.5. The van der Waals surface area contributed by atoms with Crippen LogP contribution in [0.3, 0.4) is 0 Å². The average Bonchev–Trinajstić information content (AvgIpc) is 2.61. The normalized spacial score (nSPS) is 10.2. The summed E-state index contributed by atoms with van der Waals surface area (Å²) in [6.45, 7) is 0.307. The van der Waals surface area contributed by atoms with E-state index in [1.807, 2.05) is 0 Å². The molecule has 2 aromatic carbocycles. The molecule has 6 heteroatoms. The van der Waals surface area contributed by atoms with Gasteiger partial charge in [0.15, 0.2) is 0 Å². The Labute approximate surface area is 144 Å². The van der Waals surface area contributed by atoms with E-state index in [9.17, 15) is 14.0 Å². The molecule has 126 valence electrons. The Balaban J connectivity index is 1.88. The van der Waals surface area contributed by atoms with Crippen molar-refractivity contribution in [2.24, 2.45) is 0 Å². The molecule has 0 aliphatic heterocycles. The average molecular weight is 337 g/mol. The molecule has 0 atom stereocenters. The van der Waals surface area contributed by atoms with Crippen LogP contribution in [-0.4, -0.2) is 11.8 Å². The minimum atomic E-state index is -0.394. The Morgan fingerprint density at radius 1 is 1.12 bits per heavy atom. The number of carbonyl (C=O) groups is 2. The molecular formula is C19H16FN3O2. The smallest absolute Gasteiger partial charge is 0.248 e. The highest BCUT2D eigenvalue weighted by molar-refractivity contribution is 6.01. The maximum atomic E-state index is 13.5. The van der Waals surface area contributed by atoms with Gasteiger partial charge in [-0.05, 0) is 29.8 Å². The number of nitriles is 1. The third-order valence-corrected chi connectivity index (χ3v) is 3.27. The first-order valence-electron chi connectivity index (χ1n) is 7.54. The van der Waals surface area contributed by atoms with Gasteiger partial charge in [-0.2, -0.15) is 5.26 Å². The summed E-state index contributed by atoms with van der Waals surface area (Å²) in [6.07, 6.45) is 2.49. The second-order valence-electron chi connectivity index (χ2n) is 5.15. The van der Waals surface area contributed by atoms with Crippen molar-refractivity contribution < 1.29 is 14.0 Å². The Morgan fingerprint density at radius 2 is 1.84 bits per heavy atom. The van der Waals surface area contributed by atoms with Gasteiger partial charge in [0.2, 0.25) is 11.8 Å². The van der Waals surface area contributed by atoms with E-state index in [2.05, 4.69) is 10.6 Å². The largest absolute Gasteiger partial charge is 0.351 e. The molecule has 2 rings (SSSR count). The summed E-state index contributed by atoms with van der Waals surface area (Å²) in [5.41, 5.74) is 1.75. The van der Waals surface area contributed by atoms with Crippen molar-refractivity contribution >= 4 is 23.6 Å². The number of anilines is 1. The van der Waals surface area contributed by atoms with Crippen LogP contribution in [0.1, 0.15) is 17.5 Å². The molecule has 0 unspecified atom stereocenters. The second kappa shape index (κ2) is 8.99. The summed E-state index contributed by atoms with van der Waals surface area (Å²) in [5.74, 6) is -1.11. The lowest BCUT2D eigenvalue weighted by atomic mass is 10.2. The van der Waals surface area contributed by atoms with E-state index in [0.717, 1.165) is 5.56 Å². The maximum absolute atomic E-state index is 13.5. The van der Waals surface area contributed by atoms with Gasteiger partial charge in [0, 0.05) is 23.9 Å². The standard InChI is InChI=1S/C19H16FN3O2/c20-17-4-2-1-3-15(17)7-10-19(25)23-16-8-5-14(6-9-16)13-22-18(24)11-12-21/h1-10H,11,13H2,(H,22,24)(H,23,25)/b10-7+. The van der Waals surface area contributed by atoms with Gasteiger partial charge in [-0.3, -0.25) is 9.59 Å². The number of halogens is 1. The topological polar surface area (TPSA) is 82.0 Å². The molecule has 2 amide bonds. The van der Waals surface area contributed by atoms with Gasteiger partial charge >= 0.3 is 0 Å². The molecule has 0 saturated heterocycles. The molecule has 0 spiro atoms. The van der Waals surface area contributed by atoms with Crippen molar-refractivity contribution in [2.45, 2.75) is 13.0 Å². The first-order chi connectivity index (χ1) is 12.1. The van der Waals surface area contributed by atoms with Gasteiger partial charge in [-0.15, -0.1) is 0 Å². The number of hydrogen-bond acceptors (Lipinski definition) is 3. The second-order valence-corrected chi connectivity index (χ2v) is 5.15. The molecule has 2 aromatic rings. The Hall–Kier alpha value is -3.46. The third-order valence-electron chi connectivity index (χ3n) is 3.27. The molecule has 0 aromatic heterocycles. The van der Waals surface area contributed by atoms with Gasteiger partial charge < -0.3 is 10.6 Å². The molecule has 2 N–H and O–H groups in total. The number of benzene rings is 2. The monoisotopic (exact) mass is 337 g/mol. The summed E-state index contributed by atoms with van der Waals surface area (Å²) in [7, 11) is 0. The van der Waals surface area contributed by atoms with E-state index < -0.39 is 5.82 Å². The van der Waals surface area contributed by atoms with Gasteiger partial charge in [0.1, 0.15) is 12.2 Å². The molecule has 0 aliphatic carbocycles. The molecule has 0 fully saturated rings. The van der Waals surface area contributed by atoms with Crippen LogP contribution >= 0.6 is 0 Å². The number of amides is 2. The zero-order valence-corrected chi connectivity index (χ0v) is 13.3. The van der Waals surface area contributed by atoms with Crippen molar-refractivity contribution in [3.63, 3.8) is 0 Å². The highest BCUT2D eigenvalue weighted by Gasteiger charge is 2.02. The van der Waals surface area contributed by atoms with E-state index in [0.29, 0.717) is 17.8 Å². The Kier molecular flexibility index (Phi) is 6.43. The number of rotatable bonds is 6. The molecule has 0 radical (unpaired) electrons. The highest BCUT2D eigenvalue weighted by atomic mass is 19.1. The van der Waals surface area contributed by atoms with Crippen molar-refractivity contribution in [3.05, 3.63) is 71.6 Å². The van der Waals surface area contributed by atoms with Gasteiger partial charge in [0.05, 0.1) is 6.07 Å². The van der Waals surface area contributed by atoms with Crippen LogP contribution in [0.4, 0.5) is 10.1 Å². The molecule has 0 saturated carbocycles. The minimum absolute atomic E-state index is 0.178. The van der Waals surface area contributed by atoms with Gasteiger partial charge in [-0.25, -0.2) is 4.39 Å². The fraction of sp³-hybridized carbons (Fsp3) is 0.105. The van der Waals surface area contributed by atoms with E-state index in [1.165, 1.54) is 18.2 Å². The van der Waals surface area contributed by atoms with Crippen molar-refractivity contribution in [2.75, 3.05) is 5.32 Å². The van der Waals surface area contributed by atoms with Crippen LogP contribution in [0.25, 0.3) is 6.08 Å². The predicted molar refractivity (Wildman–Crippen MR) is 92.6 cm³/mol. The molecular weight excluding hydrogens is 321 g/mol. The summed E-state index contributed by atoms with van der Waals surface area (Å²) in [6, 6.07) is 14.8. The number of nitrogens with zero attached hydrogens (tertiary/aromatic N) is 1. The number of nitrogens with one attached hydrogen (secondary N) is 2. The molecule has 5 nitrogen and oxygen atoms in total. The third kappa shape index (κ3) is 5.92. The van der Waals surface area contributed by atoms with Crippen LogP contribution in [0.2, 0.25) is 0 Å². The lowest BCUT2D eigenvalue weighted by Crippen LogP contribution is -2.21. The highest BCUT2D eigenvalue weighted by Crippen LogP contribution is 2.11. The van der Waals surface area contributed by atoms with Crippen LogP contribution in [0.15, 0.2) is 54.6 Å². The zero-order valence-electron chi connectivity index (χ0n) is 13.3. The SMILES string of the molecule is N#CCC(=O)NCc1ccc(NC(=O)/C=C/c2ccccc2F)cc1. The lowest BCUT2D eigenvalue weighted by Gasteiger charge is -2.06. The maximum Gasteiger partial charge on any atom is 0.248 e. The quantitative estimate of drug-likeness (QED) is 0.795. The van der Waals surface area contributed by atoms with Crippen LogP contribution in [-0.2, 0) is 16.1 Å².